The van der Waals surface area contributed by atoms with Gasteiger partial charge in [-0.15, -0.1) is 0 Å². The topological polar surface area (TPSA) is 87.3 Å². The number of hydrogen-bond acceptors (Lipinski definition) is 3. The van der Waals surface area contributed by atoms with Gasteiger partial charge in [0.05, 0.1) is 6.54 Å². The Labute approximate surface area is 165 Å². The number of rotatable bonds is 6. The van der Waals surface area contributed by atoms with Crippen LogP contribution in [0.4, 0.5) is 5.69 Å². The van der Waals surface area contributed by atoms with Crippen LogP contribution in [0.3, 0.4) is 0 Å². The van der Waals surface area contributed by atoms with Crippen molar-refractivity contribution < 1.29 is 14.4 Å². The van der Waals surface area contributed by atoms with Crippen LogP contribution in [0.5, 0.6) is 0 Å². The molecule has 6 nitrogen and oxygen atoms in total. The van der Waals surface area contributed by atoms with Gasteiger partial charge in [0.15, 0.2) is 0 Å². The maximum Gasteiger partial charge on any atom is 0.251 e. The van der Waals surface area contributed by atoms with Crippen LogP contribution >= 0.6 is 0 Å². The van der Waals surface area contributed by atoms with Crippen molar-refractivity contribution in [1.29, 1.82) is 0 Å². The normalized spacial score (nSPS) is 30.0. The summed E-state index contributed by atoms with van der Waals surface area (Å²) in [5.41, 5.74) is 1.32. The summed E-state index contributed by atoms with van der Waals surface area (Å²) >= 11 is 0. The highest BCUT2D eigenvalue weighted by molar-refractivity contribution is 5.96. The molecule has 0 saturated heterocycles. The minimum atomic E-state index is -0.258. The van der Waals surface area contributed by atoms with Crippen LogP contribution in [0.25, 0.3) is 0 Å². The number of carbonyl (C=O) groups excluding carboxylic acids is 3. The third kappa shape index (κ3) is 4.05. The zero-order valence-electron chi connectivity index (χ0n) is 16.4. The van der Waals surface area contributed by atoms with Crippen molar-refractivity contribution in [3.63, 3.8) is 0 Å². The van der Waals surface area contributed by atoms with Crippen molar-refractivity contribution >= 4 is 23.4 Å². The molecule has 1 aromatic carbocycles. The Bertz CT molecular complexity index is 736. The number of hydrogen-bond donors (Lipinski definition) is 3. The highest BCUT2D eigenvalue weighted by atomic mass is 16.2. The Balaban J connectivity index is 1.25. The average Bonchev–Trinajstić information content (AvgIpc) is 2.65. The van der Waals surface area contributed by atoms with E-state index < -0.39 is 0 Å². The van der Waals surface area contributed by atoms with E-state index in [2.05, 4.69) is 16.0 Å². The van der Waals surface area contributed by atoms with Gasteiger partial charge in [0.25, 0.3) is 5.91 Å². The number of benzene rings is 1. The molecule has 4 fully saturated rings. The third-order valence-corrected chi connectivity index (χ3v) is 6.80. The first-order chi connectivity index (χ1) is 13.4. The highest BCUT2D eigenvalue weighted by Gasteiger charge is 2.51. The van der Waals surface area contributed by atoms with E-state index in [4.69, 9.17) is 0 Å². The van der Waals surface area contributed by atoms with Crippen LogP contribution in [0.1, 0.15) is 55.3 Å². The standard InChI is InChI=1S/C22H29N3O3/c1-23-21(28)17-2-4-18(5-3-17)25-20(27)13-24-19(26)12-22-9-14-6-15(10-22)8-16(7-14)11-22/h2-5,14-16H,6-13H2,1H3,(H,23,28)(H,24,26)(H,25,27). The SMILES string of the molecule is CNC(=O)c1ccc(NC(=O)CNC(=O)CC23CC4CC(CC(C4)C2)C3)cc1. The molecule has 0 atom stereocenters. The molecule has 1 aromatic rings. The smallest absolute Gasteiger partial charge is 0.251 e. The first kappa shape index (κ1) is 19.0. The molecule has 4 aliphatic rings. The lowest BCUT2D eigenvalue weighted by Crippen LogP contribution is -2.48. The van der Waals surface area contributed by atoms with Gasteiger partial charge in [-0.1, -0.05) is 0 Å². The molecule has 6 heteroatoms. The summed E-state index contributed by atoms with van der Waals surface area (Å²) in [5.74, 6) is 2.02. The van der Waals surface area contributed by atoms with E-state index in [-0.39, 0.29) is 29.7 Å². The summed E-state index contributed by atoms with van der Waals surface area (Å²) in [6.07, 6.45) is 8.22. The predicted octanol–water partition coefficient (Wildman–Crippen LogP) is 2.71. The number of anilines is 1. The van der Waals surface area contributed by atoms with Crippen molar-refractivity contribution in [3.8, 4) is 0 Å². The molecule has 5 rings (SSSR count). The maximum atomic E-state index is 12.5. The van der Waals surface area contributed by atoms with Crippen LogP contribution in [0, 0.1) is 23.2 Å². The Morgan fingerprint density at radius 3 is 2.04 bits per heavy atom. The van der Waals surface area contributed by atoms with Crippen molar-refractivity contribution in [2.75, 3.05) is 18.9 Å². The zero-order chi connectivity index (χ0) is 19.7. The second-order valence-corrected chi connectivity index (χ2v) is 9.08. The highest BCUT2D eigenvalue weighted by Crippen LogP contribution is 2.61. The van der Waals surface area contributed by atoms with Gasteiger partial charge in [-0.3, -0.25) is 14.4 Å². The van der Waals surface area contributed by atoms with E-state index in [9.17, 15) is 14.4 Å². The number of nitrogens with one attached hydrogen (secondary N) is 3. The molecule has 4 bridgehead atoms. The van der Waals surface area contributed by atoms with Gasteiger partial charge in [-0.25, -0.2) is 0 Å². The van der Waals surface area contributed by atoms with Crippen molar-refractivity contribution in [1.82, 2.24) is 10.6 Å². The van der Waals surface area contributed by atoms with Crippen molar-refractivity contribution in [2.45, 2.75) is 44.9 Å². The van der Waals surface area contributed by atoms with Crippen LogP contribution in [-0.2, 0) is 9.59 Å². The van der Waals surface area contributed by atoms with Crippen LogP contribution in [0.15, 0.2) is 24.3 Å². The fourth-order valence-electron chi connectivity index (χ4n) is 6.14. The molecule has 3 N–H and O–H groups in total. The maximum absolute atomic E-state index is 12.5. The van der Waals surface area contributed by atoms with Gasteiger partial charge in [0.1, 0.15) is 0 Å². The summed E-state index contributed by atoms with van der Waals surface area (Å²) in [4.78, 5) is 36.2. The van der Waals surface area contributed by atoms with Crippen LogP contribution in [-0.4, -0.2) is 31.3 Å². The summed E-state index contributed by atoms with van der Waals surface area (Å²) in [6.45, 7) is -0.0254. The fourth-order valence-corrected chi connectivity index (χ4v) is 6.14. The van der Waals surface area contributed by atoms with Crippen molar-refractivity contribution in [2.24, 2.45) is 23.2 Å². The van der Waals surface area contributed by atoms with Crippen LogP contribution in [0.2, 0.25) is 0 Å². The number of amides is 3. The second-order valence-electron chi connectivity index (χ2n) is 9.08. The molecule has 3 amide bonds. The molecule has 0 unspecified atom stereocenters. The lowest BCUT2D eigenvalue weighted by atomic mass is 9.49. The van der Waals surface area contributed by atoms with Gasteiger partial charge in [-0.05, 0) is 86.0 Å². The molecule has 28 heavy (non-hydrogen) atoms. The molecule has 150 valence electrons. The lowest BCUT2D eigenvalue weighted by molar-refractivity contribution is -0.131. The Kier molecular flexibility index (Phi) is 5.13. The zero-order valence-corrected chi connectivity index (χ0v) is 16.4. The predicted molar refractivity (Wildman–Crippen MR) is 107 cm³/mol. The average molecular weight is 383 g/mol. The summed E-state index contributed by atoms with van der Waals surface area (Å²) < 4.78 is 0. The van der Waals surface area contributed by atoms with Gasteiger partial charge in [0, 0.05) is 24.7 Å². The third-order valence-electron chi connectivity index (χ3n) is 6.80. The van der Waals surface area contributed by atoms with E-state index in [1.807, 2.05) is 0 Å². The van der Waals surface area contributed by atoms with E-state index in [0.717, 1.165) is 17.8 Å². The summed E-state index contributed by atoms with van der Waals surface area (Å²) in [5, 5.41) is 8.11. The van der Waals surface area contributed by atoms with Gasteiger partial charge in [-0.2, -0.15) is 0 Å². The fraction of sp³-hybridized carbons (Fsp3) is 0.591. The minimum absolute atomic E-state index is 0.00735. The van der Waals surface area contributed by atoms with E-state index in [1.165, 1.54) is 38.5 Å². The molecule has 4 saturated carbocycles. The molecule has 0 spiro atoms. The largest absolute Gasteiger partial charge is 0.355 e. The van der Waals surface area contributed by atoms with Gasteiger partial charge < -0.3 is 16.0 Å². The molecule has 4 aliphatic carbocycles. The van der Waals surface area contributed by atoms with E-state index in [0.29, 0.717) is 17.7 Å². The Morgan fingerprint density at radius 2 is 1.50 bits per heavy atom. The molecule has 0 radical (unpaired) electrons. The number of carbonyl (C=O) groups is 3. The van der Waals surface area contributed by atoms with Crippen LogP contribution < -0.4 is 16.0 Å². The summed E-state index contributed by atoms with van der Waals surface area (Å²) in [6, 6.07) is 6.67. The molecule has 0 heterocycles. The van der Waals surface area contributed by atoms with Gasteiger partial charge >= 0.3 is 0 Å². The van der Waals surface area contributed by atoms with E-state index in [1.54, 1.807) is 31.3 Å². The monoisotopic (exact) mass is 383 g/mol. The Morgan fingerprint density at radius 1 is 0.929 bits per heavy atom. The molecular formula is C22H29N3O3. The first-order valence-corrected chi connectivity index (χ1v) is 10.3. The molecule has 0 aliphatic heterocycles. The second kappa shape index (κ2) is 7.57. The lowest BCUT2D eigenvalue weighted by Gasteiger charge is -2.56. The molecule has 0 aromatic heterocycles. The molecular weight excluding hydrogens is 354 g/mol. The van der Waals surface area contributed by atoms with Crippen molar-refractivity contribution in [3.05, 3.63) is 29.8 Å². The van der Waals surface area contributed by atoms with Gasteiger partial charge in [0.2, 0.25) is 11.8 Å². The quantitative estimate of drug-likeness (QED) is 0.706. The first-order valence-electron chi connectivity index (χ1n) is 10.3. The van der Waals surface area contributed by atoms with E-state index >= 15 is 0 Å². The minimum Gasteiger partial charge on any atom is -0.355 e. The summed E-state index contributed by atoms with van der Waals surface area (Å²) in [7, 11) is 1.57. The Hall–Kier alpha value is -2.37.